The van der Waals surface area contributed by atoms with Crippen LogP contribution in [0.3, 0.4) is 0 Å². The number of methoxy groups -OCH3 is 1. The molecule has 0 spiro atoms. The molecule has 1 saturated heterocycles. The number of nitrogens with one attached hydrogen (secondary N) is 3. The Morgan fingerprint density at radius 3 is 2.67 bits per heavy atom. The van der Waals surface area contributed by atoms with E-state index in [1.807, 2.05) is 0 Å². The number of ether oxygens (including phenoxy) is 2. The summed E-state index contributed by atoms with van der Waals surface area (Å²) in [6, 6.07) is 6.79. The molecule has 24 heavy (non-hydrogen) atoms. The fourth-order valence-electron chi connectivity index (χ4n) is 2.22. The molecule has 0 aliphatic carbocycles. The van der Waals surface area contributed by atoms with Gasteiger partial charge in [-0.05, 0) is 49.3 Å². The van der Waals surface area contributed by atoms with Crippen LogP contribution in [0.1, 0.15) is 23.2 Å². The van der Waals surface area contributed by atoms with Crippen LogP contribution in [0, 0.1) is 0 Å². The van der Waals surface area contributed by atoms with Crippen molar-refractivity contribution in [1.82, 2.24) is 10.6 Å². The average Bonchev–Trinajstić information content (AvgIpc) is 3.11. The van der Waals surface area contributed by atoms with Gasteiger partial charge in [-0.15, -0.1) is 0 Å². The van der Waals surface area contributed by atoms with Gasteiger partial charge in [-0.3, -0.25) is 9.59 Å². The molecular formula is C16H21N3O4S. The molecule has 1 fully saturated rings. The molecule has 1 aliphatic rings. The lowest BCUT2D eigenvalue weighted by Crippen LogP contribution is -2.34. The molecule has 1 aromatic carbocycles. The molecule has 2 rings (SSSR count). The van der Waals surface area contributed by atoms with Crippen molar-refractivity contribution in [2.45, 2.75) is 18.9 Å². The number of amides is 1. The highest BCUT2D eigenvalue weighted by atomic mass is 32.1. The molecule has 0 radical (unpaired) electrons. The molecule has 1 aliphatic heterocycles. The summed E-state index contributed by atoms with van der Waals surface area (Å²) in [5.74, 6) is -0.838. The molecule has 3 N–H and O–H groups in total. The van der Waals surface area contributed by atoms with Gasteiger partial charge in [0.05, 0.1) is 13.2 Å². The minimum absolute atomic E-state index is 0.160. The normalized spacial score (nSPS) is 16.3. The van der Waals surface area contributed by atoms with Crippen LogP contribution < -0.4 is 16.0 Å². The van der Waals surface area contributed by atoms with E-state index < -0.39 is 5.97 Å². The highest BCUT2D eigenvalue weighted by molar-refractivity contribution is 7.80. The van der Waals surface area contributed by atoms with E-state index in [0.717, 1.165) is 25.1 Å². The molecule has 1 amide bonds. The second kappa shape index (κ2) is 9.19. The van der Waals surface area contributed by atoms with Crippen LogP contribution in [0.25, 0.3) is 0 Å². The Hall–Kier alpha value is -2.19. The number of carbonyl (C=O) groups is 2. The molecule has 7 nitrogen and oxygen atoms in total. The van der Waals surface area contributed by atoms with Gasteiger partial charge in [0.2, 0.25) is 0 Å². The van der Waals surface area contributed by atoms with Gasteiger partial charge in [-0.1, -0.05) is 0 Å². The topological polar surface area (TPSA) is 88.7 Å². The predicted octanol–water partition coefficient (Wildman–Crippen LogP) is 1.05. The van der Waals surface area contributed by atoms with Gasteiger partial charge in [0.15, 0.2) is 5.11 Å². The number of thiocarbonyl (C=S) groups is 1. The molecular weight excluding hydrogens is 330 g/mol. The maximum Gasteiger partial charge on any atom is 0.325 e. The Balaban J connectivity index is 1.77. The number of anilines is 1. The summed E-state index contributed by atoms with van der Waals surface area (Å²) < 4.78 is 9.98. The quantitative estimate of drug-likeness (QED) is 0.521. The van der Waals surface area contributed by atoms with Crippen molar-refractivity contribution in [2.24, 2.45) is 0 Å². The number of esters is 1. The summed E-state index contributed by atoms with van der Waals surface area (Å²) in [6.07, 6.45) is 2.35. The molecule has 1 atom stereocenters. The van der Waals surface area contributed by atoms with Crippen molar-refractivity contribution in [3.8, 4) is 0 Å². The molecule has 0 aromatic heterocycles. The zero-order valence-corrected chi connectivity index (χ0v) is 14.3. The lowest BCUT2D eigenvalue weighted by Gasteiger charge is -2.14. The van der Waals surface area contributed by atoms with Crippen LogP contribution in [0.4, 0.5) is 5.69 Å². The van der Waals surface area contributed by atoms with Gasteiger partial charge in [0, 0.05) is 24.4 Å². The highest BCUT2D eigenvalue weighted by Gasteiger charge is 2.15. The van der Waals surface area contributed by atoms with Gasteiger partial charge in [0.1, 0.15) is 6.54 Å². The third-order valence-corrected chi connectivity index (χ3v) is 3.79. The van der Waals surface area contributed by atoms with Crippen LogP contribution in [-0.2, 0) is 14.3 Å². The molecule has 130 valence electrons. The van der Waals surface area contributed by atoms with Gasteiger partial charge in [0.25, 0.3) is 5.91 Å². The van der Waals surface area contributed by atoms with Crippen LogP contribution in [0.15, 0.2) is 24.3 Å². The van der Waals surface area contributed by atoms with Gasteiger partial charge in [-0.25, -0.2) is 0 Å². The number of hydrogen-bond donors (Lipinski definition) is 3. The lowest BCUT2D eigenvalue weighted by atomic mass is 10.2. The van der Waals surface area contributed by atoms with Crippen molar-refractivity contribution in [1.29, 1.82) is 0 Å². The highest BCUT2D eigenvalue weighted by Crippen LogP contribution is 2.11. The Bertz CT molecular complexity index is 585. The fourth-order valence-corrected chi connectivity index (χ4v) is 2.42. The maximum absolute atomic E-state index is 11.9. The van der Waals surface area contributed by atoms with Crippen molar-refractivity contribution in [2.75, 3.05) is 32.1 Å². The van der Waals surface area contributed by atoms with Crippen LogP contribution in [-0.4, -0.2) is 49.9 Å². The van der Waals surface area contributed by atoms with E-state index in [4.69, 9.17) is 17.0 Å². The number of benzene rings is 1. The standard InChI is InChI=1S/C16H21N3O4S/c1-22-14(20)10-17-15(21)11-4-6-12(7-5-11)19-16(24)18-9-13-3-2-8-23-13/h4-7,13H,2-3,8-10H2,1H3,(H,17,21)(H2,18,19,24)/t13-/m1/s1. The van der Waals surface area contributed by atoms with Crippen LogP contribution in [0.2, 0.25) is 0 Å². The molecule has 1 aromatic rings. The minimum Gasteiger partial charge on any atom is -0.468 e. The summed E-state index contributed by atoms with van der Waals surface area (Å²) >= 11 is 5.23. The zero-order chi connectivity index (χ0) is 17.4. The predicted molar refractivity (Wildman–Crippen MR) is 94.0 cm³/mol. The zero-order valence-electron chi connectivity index (χ0n) is 13.5. The number of carbonyl (C=O) groups excluding carboxylic acids is 2. The van der Waals surface area contributed by atoms with Crippen LogP contribution >= 0.6 is 12.2 Å². The summed E-state index contributed by atoms with van der Waals surface area (Å²) in [5, 5.41) is 9.15. The largest absolute Gasteiger partial charge is 0.468 e. The Morgan fingerprint density at radius 1 is 1.29 bits per heavy atom. The summed E-state index contributed by atoms with van der Waals surface area (Å²) in [4.78, 5) is 22.9. The second-order valence-corrected chi connectivity index (χ2v) is 5.71. The van der Waals surface area contributed by atoms with Gasteiger partial charge < -0.3 is 25.4 Å². The first kappa shape index (κ1) is 18.2. The van der Waals surface area contributed by atoms with E-state index in [0.29, 0.717) is 17.2 Å². The fraction of sp³-hybridized carbons (Fsp3) is 0.438. The van der Waals surface area contributed by atoms with Crippen molar-refractivity contribution < 1.29 is 19.1 Å². The van der Waals surface area contributed by atoms with Crippen molar-refractivity contribution in [3.63, 3.8) is 0 Å². The summed E-state index contributed by atoms with van der Waals surface area (Å²) in [6.45, 7) is 1.33. The Kier molecular flexibility index (Phi) is 6.95. The first-order valence-corrected chi connectivity index (χ1v) is 8.11. The first-order valence-electron chi connectivity index (χ1n) is 7.70. The molecule has 8 heteroatoms. The molecule has 0 unspecified atom stereocenters. The monoisotopic (exact) mass is 351 g/mol. The number of rotatable bonds is 6. The third kappa shape index (κ3) is 5.78. The van der Waals surface area contributed by atoms with Crippen LogP contribution in [0.5, 0.6) is 0 Å². The van der Waals surface area contributed by atoms with E-state index in [2.05, 4.69) is 20.7 Å². The average molecular weight is 351 g/mol. The second-order valence-electron chi connectivity index (χ2n) is 5.31. The van der Waals surface area contributed by atoms with Gasteiger partial charge >= 0.3 is 5.97 Å². The summed E-state index contributed by atoms with van der Waals surface area (Å²) in [7, 11) is 1.27. The van der Waals surface area contributed by atoms with E-state index in [1.54, 1.807) is 24.3 Å². The minimum atomic E-state index is -0.496. The van der Waals surface area contributed by atoms with E-state index >= 15 is 0 Å². The Morgan fingerprint density at radius 2 is 2.04 bits per heavy atom. The summed E-state index contributed by atoms with van der Waals surface area (Å²) in [5.41, 5.74) is 1.21. The number of hydrogen-bond acceptors (Lipinski definition) is 5. The van der Waals surface area contributed by atoms with E-state index in [1.165, 1.54) is 7.11 Å². The smallest absolute Gasteiger partial charge is 0.325 e. The first-order chi connectivity index (χ1) is 11.6. The SMILES string of the molecule is COC(=O)CNC(=O)c1ccc(NC(=S)NC[C@H]2CCCO2)cc1. The van der Waals surface area contributed by atoms with Crippen molar-refractivity contribution >= 4 is 34.9 Å². The molecule has 0 bridgehead atoms. The third-order valence-electron chi connectivity index (χ3n) is 3.54. The lowest BCUT2D eigenvalue weighted by molar-refractivity contribution is -0.139. The maximum atomic E-state index is 11.9. The molecule has 1 heterocycles. The van der Waals surface area contributed by atoms with E-state index in [9.17, 15) is 9.59 Å². The Labute approximate surface area is 146 Å². The molecule has 0 saturated carbocycles. The van der Waals surface area contributed by atoms with Gasteiger partial charge in [-0.2, -0.15) is 0 Å². The van der Waals surface area contributed by atoms with E-state index in [-0.39, 0.29) is 18.6 Å². The van der Waals surface area contributed by atoms with Crippen molar-refractivity contribution in [3.05, 3.63) is 29.8 Å².